The highest BCUT2D eigenvalue weighted by Gasteiger charge is 2.31. The van der Waals surface area contributed by atoms with Gasteiger partial charge in [-0.3, -0.25) is 9.78 Å². The zero-order chi connectivity index (χ0) is 18.4. The molecule has 3 rings (SSSR count). The summed E-state index contributed by atoms with van der Waals surface area (Å²) >= 11 is 0. The lowest BCUT2D eigenvalue weighted by Crippen LogP contribution is -2.29. The first-order valence-corrected chi connectivity index (χ1v) is 8.92. The van der Waals surface area contributed by atoms with Crippen LogP contribution in [0.25, 0.3) is 0 Å². The predicted octanol–water partition coefficient (Wildman–Crippen LogP) is 3.83. The standard InChI is InChI=1S/C20H25N3O3.2ClH/c1-25-18-8-7-16(23-20(24)17-6-2-5-15(17)11-21)10-19(18)26-13-14-4-3-9-22-12-14;;/h3-4,7-10,12,15,17H,2,5-6,11,13,21H2,1H3,(H,23,24);2*1H/t15-,17-;;/m1../s1. The topological polar surface area (TPSA) is 86.5 Å². The molecule has 0 bridgehead atoms. The van der Waals surface area contributed by atoms with E-state index in [1.165, 1.54) is 0 Å². The highest BCUT2D eigenvalue weighted by atomic mass is 35.5. The van der Waals surface area contributed by atoms with E-state index in [2.05, 4.69) is 10.3 Å². The third-order valence-corrected chi connectivity index (χ3v) is 4.85. The van der Waals surface area contributed by atoms with Crippen LogP contribution in [0.2, 0.25) is 0 Å². The lowest BCUT2D eigenvalue weighted by atomic mass is 9.95. The van der Waals surface area contributed by atoms with Crippen molar-refractivity contribution in [3.63, 3.8) is 0 Å². The first-order chi connectivity index (χ1) is 12.7. The zero-order valence-corrected chi connectivity index (χ0v) is 17.4. The summed E-state index contributed by atoms with van der Waals surface area (Å²) in [6, 6.07) is 9.21. The summed E-state index contributed by atoms with van der Waals surface area (Å²) in [4.78, 5) is 16.7. The van der Waals surface area contributed by atoms with E-state index < -0.39 is 0 Å². The number of pyridine rings is 1. The molecule has 3 N–H and O–H groups in total. The molecule has 2 atom stereocenters. The van der Waals surface area contributed by atoms with Gasteiger partial charge >= 0.3 is 0 Å². The fraction of sp³-hybridized carbons (Fsp3) is 0.400. The second-order valence-corrected chi connectivity index (χ2v) is 6.54. The summed E-state index contributed by atoms with van der Waals surface area (Å²) in [5, 5.41) is 3.00. The first kappa shape index (κ1) is 24.0. The van der Waals surface area contributed by atoms with Crippen LogP contribution >= 0.6 is 24.8 Å². The molecule has 1 fully saturated rings. The minimum atomic E-state index is -0.0122. The maximum atomic E-state index is 12.6. The van der Waals surface area contributed by atoms with E-state index in [0.29, 0.717) is 30.3 Å². The molecule has 1 aliphatic rings. The molecule has 0 aliphatic heterocycles. The molecule has 0 spiro atoms. The third kappa shape index (κ3) is 5.99. The van der Waals surface area contributed by atoms with Gasteiger partial charge in [0, 0.05) is 35.6 Å². The van der Waals surface area contributed by atoms with Gasteiger partial charge in [-0.2, -0.15) is 0 Å². The summed E-state index contributed by atoms with van der Waals surface area (Å²) in [6.07, 6.45) is 6.45. The lowest BCUT2D eigenvalue weighted by molar-refractivity contribution is -0.120. The van der Waals surface area contributed by atoms with E-state index in [0.717, 1.165) is 24.8 Å². The molecular weight excluding hydrogens is 401 g/mol. The van der Waals surface area contributed by atoms with Crippen molar-refractivity contribution in [1.29, 1.82) is 0 Å². The molecule has 0 saturated heterocycles. The fourth-order valence-electron chi connectivity index (χ4n) is 3.41. The molecule has 1 heterocycles. The number of methoxy groups -OCH3 is 1. The molecule has 1 saturated carbocycles. The van der Waals surface area contributed by atoms with Gasteiger partial charge in [0.1, 0.15) is 6.61 Å². The fourth-order valence-corrected chi connectivity index (χ4v) is 3.41. The molecule has 1 amide bonds. The molecule has 1 aliphatic carbocycles. The minimum absolute atomic E-state index is 0. The van der Waals surface area contributed by atoms with Crippen molar-refractivity contribution in [2.45, 2.75) is 25.9 Å². The Bertz CT molecular complexity index is 747. The van der Waals surface area contributed by atoms with Gasteiger partial charge in [0.25, 0.3) is 0 Å². The largest absolute Gasteiger partial charge is 0.493 e. The minimum Gasteiger partial charge on any atom is -0.493 e. The highest BCUT2D eigenvalue weighted by molar-refractivity contribution is 5.93. The van der Waals surface area contributed by atoms with Crippen molar-refractivity contribution in [2.75, 3.05) is 19.0 Å². The number of nitrogens with one attached hydrogen (secondary N) is 1. The van der Waals surface area contributed by atoms with Crippen LogP contribution in [0.5, 0.6) is 11.5 Å². The third-order valence-electron chi connectivity index (χ3n) is 4.85. The second-order valence-electron chi connectivity index (χ2n) is 6.54. The number of rotatable bonds is 7. The Balaban J connectivity index is 0.00000196. The number of anilines is 1. The lowest BCUT2D eigenvalue weighted by Gasteiger charge is -2.18. The Morgan fingerprint density at radius 2 is 2.07 bits per heavy atom. The molecule has 0 radical (unpaired) electrons. The van der Waals surface area contributed by atoms with E-state index in [1.54, 1.807) is 31.6 Å². The Kier molecular flexibility index (Phi) is 10.1. The van der Waals surface area contributed by atoms with Crippen LogP contribution in [0.15, 0.2) is 42.7 Å². The van der Waals surface area contributed by atoms with Gasteiger partial charge in [-0.15, -0.1) is 24.8 Å². The second kappa shape index (κ2) is 11.7. The number of carbonyl (C=O) groups excluding carboxylic acids is 1. The number of aromatic nitrogens is 1. The quantitative estimate of drug-likeness (QED) is 0.700. The van der Waals surface area contributed by atoms with Gasteiger partial charge in [-0.05, 0) is 43.5 Å². The molecule has 0 unspecified atom stereocenters. The monoisotopic (exact) mass is 427 g/mol. The van der Waals surface area contributed by atoms with Crippen LogP contribution in [-0.4, -0.2) is 24.5 Å². The van der Waals surface area contributed by atoms with Gasteiger partial charge in [0.05, 0.1) is 7.11 Å². The molecule has 2 aromatic rings. The SMILES string of the molecule is COc1ccc(NC(=O)[C@@H]2CCC[C@@H]2CN)cc1OCc1cccnc1.Cl.Cl. The Morgan fingerprint density at radius 3 is 2.75 bits per heavy atom. The van der Waals surface area contributed by atoms with E-state index in [4.69, 9.17) is 15.2 Å². The number of benzene rings is 1. The number of nitrogens with two attached hydrogens (primary N) is 1. The Morgan fingerprint density at radius 1 is 1.25 bits per heavy atom. The molecule has 154 valence electrons. The summed E-state index contributed by atoms with van der Waals surface area (Å²) in [5.74, 6) is 1.49. The van der Waals surface area contributed by atoms with Gasteiger partial charge in [0.15, 0.2) is 11.5 Å². The van der Waals surface area contributed by atoms with Crippen LogP contribution in [0.4, 0.5) is 5.69 Å². The number of amides is 1. The first-order valence-electron chi connectivity index (χ1n) is 8.92. The van der Waals surface area contributed by atoms with Crippen molar-refractivity contribution < 1.29 is 14.3 Å². The van der Waals surface area contributed by atoms with Crippen molar-refractivity contribution in [2.24, 2.45) is 17.6 Å². The Labute approximate surface area is 178 Å². The van der Waals surface area contributed by atoms with Crippen molar-refractivity contribution in [3.05, 3.63) is 48.3 Å². The molecule has 6 nitrogen and oxygen atoms in total. The van der Waals surface area contributed by atoms with Gasteiger partial charge in [-0.1, -0.05) is 12.5 Å². The Hall–Kier alpha value is -2.02. The summed E-state index contributed by atoms with van der Waals surface area (Å²) < 4.78 is 11.2. The maximum Gasteiger partial charge on any atom is 0.227 e. The number of nitrogens with zero attached hydrogens (tertiary/aromatic N) is 1. The highest BCUT2D eigenvalue weighted by Crippen LogP contribution is 2.34. The number of hydrogen-bond donors (Lipinski definition) is 2. The van der Waals surface area contributed by atoms with Crippen LogP contribution in [-0.2, 0) is 11.4 Å². The van der Waals surface area contributed by atoms with Crippen molar-refractivity contribution >= 4 is 36.4 Å². The zero-order valence-electron chi connectivity index (χ0n) is 15.8. The van der Waals surface area contributed by atoms with Crippen LogP contribution in [0.3, 0.4) is 0 Å². The molecule has 28 heavy (non-hydrogen) atoms. The van der Waals surface area contributed by atoms with E-state index in [1.807, 2.05) is 18.2 Å². The van der Waals surface area contributed by atoms with Crippen LogP contribution < -0.4 is 20.5 Å². The van der Waals surface area contributed by atoms with E-state index in [-0.39, 0.29) is 42.6 Å². The number of halogens is 2. The number of ether oxygens (including phenoxy) is 2. The summed E-state index contributed by atoms with van der Waals surface area (Å²) in [5.41, 5.74) is 7.44. The summed E-state index contributed by atoms with van der Waals surface area (Å²) in [7, 11) is 1.59. The van der Waals surface area contributed by atoms with Gasteiger partial charge in [-0.25, -0.2) is 0 Å². The van der Waals surface area contributed by atoms with Crippen molar-refractivity contribution in [3.8, 4) is 11.5 Å². The number of hydrogen-bond acceptors (Lipinski definition) is 5. The van der Waals surface area contributed by atoms with Crippen LogP contribution in [0.1, 0.15) is 24.8 Å². The average Bonchev–Trinajstić information content (AvgIpc) is 3.16. The number of carbonyl (C=O) groups is 1. The normalized spacial score (nSPS) is 17.8. The summed E-state index contributed by atoms with van der Waals surface area (Å²) in [6.45, 7) is 0.930. The molecule has 8 heteroatoms. The molecular formula is C20H27Cl2N3O3. The molecule has 1 aromatic heterocycles. The average molecular weight is 428 g/mol. The van der Waals surface area contributed by atoms with Crippen LogP contribution in [0, 0.1) is 11.8 Å². The smallest absolute Gasteiger partial charge is 0.227 e. The van der Waals surface area contributed by atoms with Gasteiger partial charge < -0.3 is 20.5 Å². The maximum absolute atomic E-state index is 12.6. The van der Waals surface area contributed by atoms with Gasteiger partial charge in [0.2, 0.25) is 5.91 Å². The molecule has 1 aromatic carbocycles. The van der Waals surface area contributed by atoms with Crippen molar-refractivity contribution in [1.82, 2.24) is 4.98 Å². The van der Waals surface area contributed by atoms with E-state index >= 15 is 0 Å². The predicted molar refractivity (Wildman–Crippen MR) is 115 cm³/mol. The van der Waals surface area contributed by atoms with E-state index in [9.17, 15) is 4.79 Å².